The fourth-order valence-electron chi connectivity index (χ4n) is 8.87. The summed E-state index contributed by atoms with van der Waals surface area (Å²) in [6.07, 6.45) is 4.71. The zero-order chi connectivity index (χ0) is 32.3. The molecule has 4 unspecified atom stereocenters. The molecule has 12 heteroatoms. The van der Waals surface area contributed by atoms with E-state index in [1.807, 2.05) is 7.05 Å². The normalized spacial score (nSPS) is 38.5. The molecule has 8 atom stereocenters. The van der Waals surface area contributed by atoms with Crippen LogP contribution in [0.25, 0.3) is 0 Å². The van der Waals surface area contributed by atoms with E-state index in [-0.39, 0.29) is 30.0 Å². The first-order valence-corrected chi connectivity index (χ1v) is 17.7. The Bertz CT molecular complexity index is 1280. The van der Waals surface area contributed by atoms with Crippen molar-refractivity contribution < 1.29 is 14.9 Å². The monoisotopic (exact) mass is 637 g/mol. The van der Waals surface area contributed by atoms with Crippen LogP contribution in [-0.4, -0.2) is 120 Å². The zero-order valence-electron chi connectivity index (χ0n) is 28.0. The van der Waals surface area contributed by atoms with Gasteiger partial charge in [-0.25, -0.2) is 4.90 Å². The molecular formula is C34H55N9O3. The molecule has 254 valence electrons. The number of nitrogens with two attached hydrogens (primary N) is 1. The van der Waals surface area contributed by atoms with Gasteiger partial charge in [0.05, 0.1) is 60.7 Å². The summed E-state index contributed by atoms with van der Waals surface area (Å²) in [6.45, 7) is 9.51. The van der Waals surface area contributed by atoms with E-state index in [2.05, 4.69) is 80.6 Å². The van der Waals surface area contributed by atoms with Gasteiger partial charge in [0.2, 0.25) is 0 Å². The van der Waals surface area contributed by atoms with Crippen molar-refractivity contribution in [2.24, 2.45) is 11.7 Å². The highest BCUT2D eigenvalue weighted by Gasteiger charge is 2.53. The molecule has 46 heavy (non-hydrogen) atoms. The van der Waals surface area contributed by atoms with Gasteiger partial charge >= 0.3 is 0 Å². The van der Waals surface area contributed by atoms with E-state index < -0.39 is 24.5 Å². The van der Waals surface area contributed by atoms with Crippen molar-refractivity contribution in [3.8, 4) is 6.07 Å². The highest BCUT2D eigenvalue weighted by atomic mass is 16.6. The van der Waals surface area contributed by atoms with Gasteiger partial charge in [-0.05, 0) is 89.5 Å². The third kappa shape index (κ3) is 5.71. The number of aliphatic hydroxyl groups is 2. The number of benzene rings is 1. The van der Waals surface area contributed by atoms with Crippen LogP contribution in [-0.2, 0) is 10.2 Å². The van der Waals surface area contributed by atoms with Crippen LogP contribution in [0.1, 0.15) is 71.3 Å². The summed E-state index contributed by atoms with van der Waals surface area (Å²) in [5.74, 6) is 0.671. The molecule has 12 nitrogen and oxygen atoms in total. The molecular weight excluding hydrogens is 582 g/mol. The maximum Gasteiger partial charge on any atom is 0.142 e. The molecule has 5 fully saturated rings. The lowest BCUT2D eigenvalue weighted by Crippen LogP contribution is -2.68. The smallest absolute Gasteiger partial charge is 0.142 e. The second kappa shape index (κ2) is 12.8. The van der Waals surface area contributed by atoms with Gasteiger partial charge in [-0.1, -0.05) is 13.0 Å². The molecule has 0 spiro atoms. The Kier molecular flexibility index (Phi) is 9.02. The molecule has 0 aromatic heterocycles. The van der Waals surface area contributed by atoms with Gasteiger partial charge < -0.3 is 30.9 Å². The van der Waals surface area contributed by atoms with Gasteiger partial charge in [0.15, 0.2) is 0 Å². The van der Waals surface area contributed by atoms with Crippen LogP contribution in [0.5, 0.6) is 0 Å². The lowest BCUT2D eigenvalue weighted by atomic mass is 9.76. The van der Waals surface area contributed by atoms with Gasteiger partial charge in [0.25, 0.3) is 0 Å². The maximum absolute atomic E-state index is 11.2. The lowest BCUT2D eigenvalue weighted by molar-refractivity contribution is -0.130. The van der Waals surface area contributed by atoms with Crippen LogP contribution in [0.3, 0.4) is 0 Å². The predicted molar refractivity (Wildman–Crippen MR) is 177 cm³/mol. The Hall–Kier alpha value is -2.05. The third-order valence-electron chi connectivity index (χ3n) is 11.8. The SMILES string of the molecule is CCCN1c2ccc(C3(C#N)CC3)cc2NC1CC[C@H]1C[C@H](N(C[C@H]2O[C@@H](N3CNC4C(N)NCN(C)C43)[C@H](O)[C@@H]2O)C(C)C)C1. The average molecular weight is 638 g/mol. The molecule has 3 saturated heterocycles. The Morgan fingerprint density at radius 2 is 1.93 bits per heavy atom. The number of hydrogen-bond acceptors (Lipinski definition) is 12. The number of likely N-dealkylation sites (N-methyl/N-ethyl adjacent to an activating group) is 1. The van der Waals surface area contributed by atoms with Crippen molar-refractivity contribution in [3.05, 3.63) is 23.8 Å². The molecule has 2 aliphatic carbocycles. The zero-order valence-corrected chi connectivity index (χ0v) is 28.0. The number of fused-ring (bicyclic) bond motifs is 2. The van der Waals surface area contributed by atoms with E-state index in [1.54, 1.807) is 0 Å². The summed E-state index contributed by atoms with van der Waals surface area (Å²) in [5.41, 5.74) is 9.67. The minimum atomic E-state index is -0.979. The van der Waals surface area contributed by atoms with E-state index in [9.17, 15) is 15.5 Å². The van der Waals surface area contributed by atoms with E-state index >= 15 is 0 Å². The molecule has 0 bridgehead atoms. The Morgan fingerprint density at radius 3 is 2.63 bits per heavy atom. The fraction of sp³-hybridized carbons (Fsp3) is 0.794. The van der Waals surface area contributed by atoms with Crippen molar-refractivity contribution in [1.29, 1.82) is 5.26 Å². The minimum absolute atomic E-state index is 0.0136. The second-order valence-electron chi connectivity index (χ2n) is 15.1. The van der Waals surface area contributed by atoms with Crippen LogP contribution in [0, 0.1) is 17.2 Å². The Morgan fingerprint density at radius 1 is 1.15 bits per heavy atom. The Labute approximate surface area is 274 Å². The van der Waals surface area contributed by atoms with Gasteiger partial charge in [-0.15, -0.1) is 0 Å². The van der Waals surface area contributed by atoms with E-state index in [0.29, 0.717) is 37.9 Å². The van der Waals surface area contributed by atoms with Crippen molar-refractivity contribution >= 4 is 11.4 Å². The standard InChI is InChI=1S/C34H55N9O3/c1-5-12-41-25-8-7-22(34(17-35)10-11-34)15-24(25)39-27(41)9-6-21-13-23(14-21)42(20(2)3)16-26-29(44)30(45)33(46-26)43-19-37-28-31(36)38-18-40(4)32(28)43/h7-8,15,20-21,23,26-33,37-39,44-45H,5-6,9-14,16,18-19,36H2,1-4H3/t21-,23-,26-,27?,28?,29-,30-,31?,32?,33-/m1/s1. The van der Waals surface area contributed by atoms with Crippen molar-refractivity contribution in [2.75, 3.05) is 43.7 Å². The summed E-state index contributed by atoms with van der Waals surface area (Å²) in [7, 11) is 2.04. The highest BCUT2D eigenvalue weighted by Crippen LogP contribution is 2.50. The molecule has 0 amide bonds. The minimum Gasteiger partial charge on any atom is -0.387 e. The highest BCUT2D eigenvalue weighted by molar-refractivity contribution is 5.77. The molecule has 1 aromatic rings. The molecule has 0 radical (unpaired) electrons. The summed E-state index contributed by atoms with van der Waals surface area (Å²) in [5, 5.41) is 42.6. The van der Waals surface area contributed by atoms with Gasteiger partial charge in [-0.2, -0.15) is 5.26 Å². The number of nitriles is 1. The van der Waals surface area contributed by atoms with E-state index in [0.717, 1.165) is 50.6 Å². The van der Waals surface area contributed by atoms with Gasteiger partial charge in [0, 0.05) is 25.2 Å². The average Bonchev–Trinajstić information content (AvgIpc) is 3.45. The topological polar surface area (TPSA) is 149 Å². The number of hydrogen-bond donors (Lipinski definition) is 6. The van der Waals surface area contributed by atoms with Crippen molar-refractivity contribution in [2.45, 2.75) is 132 Å². The van der Waals surface area contributed by atoms with Crippen LogP contribution in [0.15, 0.2) is 18.2 Å². The summed E-state index contributed by atoms with van der Waals surface area (Å²) in [6, 6.07) is 9.95. The number of rotatable bonds is 11. The largest absolute Gasteiger partial charge is 0.387 e. The first kappa shape index (κ1) is 32.5. The van der Waals surface area contributed by atoms with Crippen molar-refractivity contribution in [1.82, 2.24) is 25.3 Å². The quantitative estimate of drug-likeness (QED) is 0.208. The molecule has 2 saturated carbocycles. The summed E-state index contributed by atoms with van der Waals surface area (Å²) < 4.78 is 6.47. The molecule has 1 aromatic carbocycles. The number of nitrogens with zero attached hydrogens (tertiary/aromatic N) is 5. The fourth-order valence-corrected chi connectivity index (χ4v) is 8.87. The predicted octanol–water partition coefficient (Wildman–Crippen LogP) is 1.26. The number of aliphatic hydroxyl groups excluding tert-OH is 2. The number of anilines is 2. The molecule has 7 N–H and O–H groups in total. The van der Waals surface area contributed by atoms with Crippen molar-refractivity contribution in [3.63, 3.8) is 0 Å². The van der Waals surface area contributed by atoms with Crippen LogP contribution in [0.2, 0.25) is 0 Å². The summed E-state index contributed by atoms with van der Waals surface area (Å²) in [4.78, 5) is 9.29. The van der Waals surface area contributed by atoms with Crippen LogP contribution >= 0.6 is 0 Å². The van der Waals surface area contributed by atoms with Crippen LogP contribution in [0.4, 0.5) is 11.4 Å². The molecule has 6 aliphatic rings. The molecule has 4 aliphatic heterocycles. The summed E-state index contributed by atoms with van der Waals surface area (Å²) >= 11 is 0. The third-order valence-corrected chi connectivity index (χ3v) is 11.8. The number of nitrogens with one attached hydrogen (secondary N) is 3. The first-order chi connectivity index (χ1) is 22.1. The van der Waals surface area contributed by atoms with E-state index in [4.69, 9.17) is 10.5 Å². The Balaban J connectivity index is 0.930. The lowest BCUT2D eigenvalue weighted by Gasteiger charge is -2.46. The molecule has 4 heterocycles. The van der Waals surface area contributed by atoms with Gasteiger partial charge in [-0.3, -0.25) is 20.4 Å². The first-order valence-electron chi connectivity index (χ1n) is 17.7. The maximum atomic E-state index is 11.2. The molecule has 7 rings (SSSR count). The van der Waals surface area contributed by atoms with E-state index in [1.165, 1.54) is 17.8 Å². The van der Waals surface area contributed by atoms with Gasteiger partial charge in [0.1, 0.15) is 24.5 Å². The second-order valence-corrected chi connectivity index (χ2v) is 15.1. The number of ether oxygens (including phenoxy) is 1. The van der Waals surface area contributed by atoms with Crippen LogP contribution < -0.4 is 26.6 Å².